The summed E-state index contributed by atoms with van der Waals surface area (Å²) in [6.45, 7) is 6.72. The van der Waals surface area contributed by atoms with Gasteiger partial charge >= 0.3 is 0 Å². The van der Waals surface area contributed by atoms with Crippen molar-refractivity contribution in [1.82, 2.24) is 20.2 Å². The summed E-state index contributed by atoms with van der Waals surface area (Å²) in [5.74, 6) is 0. The van der Waals surface area contributed by atoms with Gasteiger partial charge in [-0.15, -0.1) is 5.10 Å². The molecule has 19 heavy (non-hydrogen) atoms. The minimum Gasteiger partial charge on any atom is -0.382 e. The molecule has 3 rings (SSSR count). The average molecular weight is 257 g/mol. The van der Waals surface area contributed by atoms with Crippen molar-refractivity contribution in [2.75, 3.05) is 5.32 Å². The molecular weight excluding hydrogens is 238 g/mol. The molecule has 0 saturated heterocycles. The van der Waals surface area contributed by atoms with Crippen LogP contribution in [0.5, 0.6) is 0 Å². The summed E-state index contributed by atoms with van der Waals surface area (Å²) in [4.78, 5) is 0. The monoisotopic (exact) mass is 257 g/mol. The fraction of sp³-hybridized carbons (Fsp3) is 0.500. The Labute approximate surface area is 113 Å². The van der Waals surface area contributed by atoms with Gasteiger partial charge in [-0.25, -0.2) is 4.68 Å². The number of anilines is 1. The third-order valence-electron chi connectivity index (χ3n) is 4.29. The molecule has 1 atom stereocenters. The number of hydrogen-bond donors (Lipinski definition) is 1. The topological polar surface area (TPSA) is 55.6 Å². The molecule has 0 amide bonds. The van der Waals surface area contributed by atoms with Crippen molar-refractivity contribution in [3.8, 4) is 5.69 Å². The lowest BCUT2D eigenvalue weighted by atomic mass is 10.00. The third-order valence-corrected chi connectivity index (χ3v) is 4.29. The lowest BCUT2D eigenvalue weighted by molar-refractivity contribution is 0.493. The second-order valence-corrected chi connectivity index (χ2v) is 5.77. The Hall–Kier alpha value is -1.91. The molecule has 1 heterocycles. The SMILES string of the molecule is Cc1ccc(-n2cnnn2)cc1NC(C)C1(C)CC1. The predicted octanol–water partition coefficient (Wildman–Crippen LogP) is 2.57. The van der Waals surface area contributed by atoms with Crippen LogP contribution >= 0.6 is 0 Å². The highest BCUT2D eigenvalue weighted by atomic mass is 15.5. The Morgan fingerprint density at radius 1 is 1.37 bits per heavy atom. The van der Waals surface area contributed by atoms with Crippen LogP contribution in [0, 0.1) is 12.3 Å². The maximum absolute atomic E-state index is 3.93. The molecule has 1 aliphatic rings. The van der Waals surface area contributed by atoms with Gasteiger partial charge in [-0.2, -0.15) is 0 Å². The molecule has 1 aromatic heterocycles. The summed E-state index contributed by atoms with van der Waals surface area (Å²) in [5.41, 5.74) is 3.84. The van der Waals surface area contributed by atoms with Gasteiger partial charge in [0.15, 0.2) is 0 Å². The number of benzene rings is 1. The molecule has 1 N–H and O–H groups in total. The van der Waals surface area contributed by atoms with Crippen LogP contribution in [0.4, 0.5) is 5.69 Å². The molecule has 5 heteroatoms. The summed E-state index contributed by atoms with van der Waals surface area (Å²) < 4.78 is 1.67. The summed E-state index contributed by atoms with van der Waals surface area (Å²) in [5, 5.41) is 14.9. The highest BCUT2D eigenvalue weighted by Gasteiger charge is 2.42. The van der Waals surface area contributed by atoms with E-state index in [1.807, 2.05) is 6.07 Å². The van der Waals surface area contributed by atoms with Crippen molar-refractivity contribution in [2.24, 2.45) is 5.41 Å². The number of aromatic nitrogens is 4. The Morgan fingerprint density at radius 2 is 2.16 bits per heavy atom. The zero-order valence-corrected chi connectivity index (χ0v) is 11.6. The minimum absolute atomic E-state index is 0.456. The van der Waals surface area contributed by atoms with E-state index in [1.54, 1.807) is 11.0 Å². The van der Waals surface area contributed by atoms with Crippen molar-refractivity contribution in [2.45, 2.75) is 39.7 Å². The zero-order chi connectivity index (χ0) is 13.5. The number of hydrogen-bond acceptors (Lipinski definition) is 4. The summed E-state index contributed by atoms with van der Waals surface area (Å²) in [7, 11) is 0. The van der Waals surface area contributed by atoms with Crippen molar-refractivity contribution in [3.63, 3.8) is 0 Å². The number of tetrazole rings is 1. The fourth-order valence-electron chi connectivity index (χ4n) is 2.23. The molecule has 0 bridgehead atoms. The van der Waals surface area contributed by atoms with Gasteiger partial charge in [0.05, 0.1) is 5.69 Å². The molecule has 1 aliphatic carbocycles. The summed E-state index contributed by atoms with van der Waals surface area (Å²) in [6, 6.07) is 6.71. The molecular formula is C14H19N5. The molecule has 0 spiro atoms. The van der Waals surface area contributed by atoms with Crippen molar-refractivity contribution >= 4 is 5.69 Å². The van der Waals surface area contributed by atoms with E-state index in [2.05, 4.69) is 53.7 Å². The van der Waals surface area contributed by atoms with Crippen molar-refractivity contribution in [1.29, 1.82) is 0 Å². The van der Waals surface area contributed by atoms with E-state index in [0.29, 0.717) is 11.5 Å². The molecule has 0 aliphatic heterocycles. The number of rotatable bonds is 4. The molecule has 2 aromatic rings. The van der Waals surface area contributed by atoms with E-state index in [1.165, 1.54) is 18.4 Å². The van der Waals surface area contributed by atoms with Crippen LogP contribution in [0.25, 0.3) is 5.69 Å². The molecule has 1 saturated carbocycles. The van der Waals surface area contributed by atoms with Gasteiger partial charge in [-0.3, -0.25) is 0 Å². The first-order chi connectivity index (χ1) is 9.08. The molecule has 100 valence electrons. The maximum Gasteiger partial charge on any atom is 0.143 e. The van der Waals surface area contributed by atoms with Crippen LogP contribution in [0.1, 0.15) is 32.3 Å². The fourth-order valence-corrected chi connectivity index (χ4v) is 2.23. The van der Waals surface area contributed by atoms with Crippen LogP contribution in [-0.4, -0.2) is 26.2 Å². The van der Waals surface area contributed by atoms with E-state index in [0.717, 1.165) is 11.4 Å². The maximum atomic E-state index is 3.93. The lowest BCUT2D eigenvalue weighted by Crippen LogP contribution is -2.25. The van der Waals surface area contributed by atoms with Gasteiger partial charge in [0.1, 0.15) is 6.33 Å². The van der Waals surface area contributed by atoms with Gasteiger partial charge in [0.2, 0.25) is 0 Å². The smallest absolute Gasteiger partial charge is 0.143 e. The standard InChI is InChI=1S/C14H19N5/c1-10-4-5-12(19-9-15-17-18-19)8-13(10)16-11(2)14(3)6-7-14/h4-5,8-9,11,16H,6-7H2,1-3H3. The lowest BCUT2D eigenvalue weighted by Gasteiger charge is -2.23. The largest absolute Gasteiger partial charge is 0.382 e. The Balaban J connectivity index is 1.86. The van der Waals surface area contributed by atoms with Crippen molar-refractivity contribution in [3.05, 3.63) is 30.1 Å². The van der Waals surface area contributed by atoms with Gasteiger partial charge in [-0.05, 0) is 60.2 Å². The average Bonchev–Trinajstić information content (AvgIpc) is 2.94. The summed E-state index contributed by atoms with van der Waals surface area (Å²) in [6.07, 6.45) is 4.24. The van der Waals surface area contributed by atoms with E-state index in [9.17, 15) is 0 Å². The van der Waals surface area contributed by atoms with Crippen molar-refractivity contribution < 1.29 is 0 Å². The number of aryl methyl sites for hydroxylation is 1. The van der Waals surface area contributed by atoms with Crippen LogP contribution in [0.2, 0.25) is 0 Å². The first-order valence-electron chi connectivity index (χ1n) is 6.69. The number of nitrogens with one attached hydrogen (secondary N) is 1. The second-order valence-electron chi connectivity index (χ2n) is 5.77. The molecule has 5 nitrogen and oxygen atoms in total. The van der Waals surface area contributed by atoms with Crippen LogP contribution < -0.4 is 5.32 Å². The molecule has 0 radical (unpaired) electrons. The Kier molecular flexibility index (Phi) is 2.77. The highest BCUT2D eigenvalue weighted by molar-refractivity contribution is 5.57. The highest BCUT2D eigenvalue weighted by Crippen LogP contribution is 2.49. The van der Waals surface area contributed by atoms with E-state index in [4.69, 9.17) is 0 Å². The second kappa shape index (κ2) is 4.33. The first-order valence-corrected chi connectivity index (χ1v) is 6.69. The molecule has 1 fully saturated rings. The normalized spacial score (nSPS) is 18.1. The van der Waals surface area contributed by atoms with E-state index < -0.39 is 0 Å². The quantitative estimate of drug-likeness (QED) is 0.914. The van der Waals surface area contributed by atoms with Gasteiger partial charge < -0.3 is 5.32 Å². The minimum atomic E-state index is 0.456. The zero-order valence-electron chi connectivity index (χ0n) is 11.6. The Bertz CT molecular complexity index is 572. The summed E-state index contributed by atoms with van der Waals surface area (Å²) >= 11 is 0. The first kappa shape index (κ1) is 12.1. The van der Waals surface area contributed by atoms with Gasteiger partial charge in [0, 0.05) is 11.7 Å². The van der Waals surface area contributed by atoms with E-state index >= 15 is 0 Å². The van der Waals surface area contributed by atoms with Gasteiger partial charge in [-0.1, -0.05) is 13.0 Å². The van der Waals surface area contributed by atoms with Gasteiger partial charge in [0.25, 0.3) is 0 Å². The number of nitrogens with zero attached hydrogens (tertiary/aromatic N) is 4. The van der Waals surface area contributed by atoms with Crippen LogP contribution in [-0.2, 0) is 0 Å². The molecule has 1 aromatic carbocycles. The molecule has 1 unspecified atom stereocenters. The predicted molar refractivity (Wildman–Crippen MR) is 74.3 cm³/mol. The third kappa shape index (κ3) is 2.32. The van der Waals surface area contributed by atoms with Crippen LogP contribution in [0.3, 0.4) is 0 Å². The Morgan fingerprint density at radius 3 is 2.79 bits per heavy atom. The van der Waals surface area contributed by atoms with E-state index in [-0.39, 0.29) is 0 Å². The van der Waals surface area contributed by atoms with Crippen LogP contribution in [0.15, 0.2) is 24.5 Å².